The highest BCUT2D eigenvalue weighted by Gasteiger charge is 2.43. The number of aromatic nitrogens is 1. The summed E-state index contributed by atoms with van der Waals surface area (Å²) in [6.45, 7) is 2.09. The number of fused-ring (bicyclic) bond motifs is 2. The molecule has 1 aliphatic heterocycles. The van der Waals surface area contributed by atoms with Crippen LogP contribution in [0.2, 0.25) is 5.02 Å². The maximum absolute atomic E-state index is 11.3. The average molecular weight is 398 g/mol. The van der Waals surface area contributed by atoms with Gasteiger partial charge in [-0.3, -0.25) is 15.1 Å². The van der Waals surface area contributed by atoms with E-state index in [4.69, 9.17) is 16.6 Å². The maximum atomic E-state index is 11.3. The van der Waals surface area contributed by atoms with Crippen molar-refractivity contribution in [3.63, 3.8) is 0 Å². The van der Waals surface area contributed by atoms with Crippen LogP contribution in [0.5, 0.6) is 0 Å². The molecule has 5 rings (SSSR count). The molecule has 2 aliphatic carbocycles. The monoisotopic (exact) mass is 397 g/mol. The molecule has 5 nitrogen and oxygen atoms in total. The van der Waals surface area contributed by atoms with Gasteiger partial charge in [-0.2, -0.15) is 0 Å². The van der Waals surface area contributed by atoms with Crippen molar-refractivity contribution < 1.29 is 4.92 Å². The molecule has 2 aromatic rings. The van der Waals surface area contributed by atoms with Gasteiger partial charge in [-0.25, -0.2) is 0 Å². The number of pyridine rings is 1. The third-order valence-corrected chi connectivity index (χ3v) is 7.07. The molecule has 1 aromatic heterocycles. The molecule has 0 amide bonds. The van der Waals surface area contributed by atoms with Gasteiger partial charge in [-0.1, -0.05) is 17.7 Å². The SMILES string of the molecule is O=[N+]([O-])c1cnc2c(c1)CCc1cc(Cl)ccc1C2C1CCNCC1C1CC1. The van der Waals surface area contributed by atoms with E-state index in [9.17, 15) is 10.1 Å². The third kappa shape index (κ3) is 3.20. The number of nitro groups is 1. The molecule has 0 radical (unpaired) electrons. The quantitative estimate of drug-likeness (QED) is 0.611. The molecule has 3 aliphatic rings. The van der Waals surface area contributed by atoms with E-state index in [0.29, 0.717) is 11.8 Å². The van der Waals surface area contributed by atoms with E-state index >= 15 is 0 Å². The zero-order valence-electron chi connectivity index (χ0n) is 15.7. The van der Waals surface area contributed by atoms with Gasteiger partial charge in [0.2, 0.25) is 0 Å². The summed E-state index contributed by atoms with van der Waals surface area (Å²) in [6.07, 6.45) is 6.83. The first-order valence-electron chi connectivity index (χ1n) is 10.2. The van der Waals surface area contributed by atoms with Crippen molar-refractivity contribution in [3.05, 3.63) is 68.0 Å². The number of benzene rings is 1. The predicted molar refractivity (Wildman–Crippen MR) is 109 cm³/mol. The van der Waals surface area contributed by atoms with Crippen LogP contribution in [0.15, 0.2) is 30.5 Å². The fourth-order valence-corrected chi connectivity index (χ4v) is 5.58. The molecule has 3 unspecified atom stereocenters. The summed E-state index contributed by atoms with van der Waals surface area (Å²) in [4.78, 5) is 15.7. The number of hydrogen-bond acceptors (Lipinski definition) is 4. The van der Waals surface area contributed by atoms with E-state index in [0.717, 1.165) is 54.5 Å². The number of aryl methyl sites for hydroxylation is 2. The fraction of sp³-hybridized carbons (Fsp3) is 0.500. The second-order valence-electron chi connectivity index (χ2n) is 8.47. The van der Waals surface area contributed by atoms with E-state index in [1.54, 1.807) is 6.07 Å². The number of nitrogens with one attached hydrogen (secondary N) is 1. The summed E-state index contributed by atoms with van der Waals surface area (Å²) in [5.41, 5.74) is 4.75. The fourth-order valence-electron chi connectivity index (χ4n) is 5.39. The Morgan fingerprint density at radius 1 is 1.11 bits per heavy atom. The molecule has 0 bridgehead atoms. The van der Waals surface area contributed by atoms with Crippen LogP contribution in [-0.4, -0.2) is 23.0 Å². The van der Waals surface area contributed by atoms with Crippen LogP contribution in [-0.2, 0) is 12.8 Å². The maximum Gasteiger partial charge on any atom is 0.287 e. The van der Waals surface area contributed by atoms with Crippen LogP contribution in [0.1, 0.15) is 47.6 Å². The first kappa shape index (κ1) is 18.1. The second-order valence-corrected chi connectivity index (χ2v) is 8.91. The van der Waals surface area contributed by atoms with Gasteiger partial charge in [0, 0.05) is 17.0 Å². The Bertz CT molecular complexity index is 928. The van der Waals surface area contributed by atoms with Crippen molar-refractivity contribution in [2.45, 2.75) is 38.0 Å². The molecule has 28 heavy (non-hydrogen) atoms. The molecule has 3 atom stereocenters. The van der Waals surface area contributed by atoms with Crippen LogP contribution < -0.4 is 5.32 Å². The van der Waals surface area contributed by atoms with Crippen molar-refractivity contribution in [2.24, 2.45) is 17.8 Å². The summed E-state index contributed by atoms with van der Waals surface area (Å²) >= 11 is 6.32. The highest BCUT2D eigenvalue weighted by atomic mass is 35.5. The van der Waals surface area contributed by atoms with Gasteiger partial charge in [0.05, 0.1) is 10.6 Å². The van der Waals surface area contributed by atoms with Gasteiger partial charge in [-0.15, -0.1) is 0 Å². The predicted octanol–water partition coefficient (Wildman–Crippen LogP) is 4.51. The molecule has 1 saturated heterocycles. The molecule has 6 heteroatoms. The number of rotatable bonds is 3. The largest absolute Gasteiger partial charge is 0.316 e. The molecule has 1 aromatic carbocycles. The van der Waals surface area contributed by atoms with Crippen LogP contribution in [0.4, 0.5) is 5.69 Å². The Morgan fingerprint density at radius 2 is 1.93 bits per heavy atom. The Hall–Kier alpha value is -1.98. The van der Waals surface area contributed by atoms with Gasteiger partial charge < -0.3 is 5.32 Å². The lowest BCUT2D eigenvalue weighted by molar-refractivity contribution is -0.385. The van der Waals surface area contributed by atoms with Gasteiger partial charge in [0.1, 0.15) is 6.20 Å². The molecule has 1 saturated carbocycles. The Labute approximate surface area is 169 Å². The summed E-state index contributed by atoms with van der Waals surface area (Å²) in [5, 5.41) is 15.7. The van der Waals surface area contributed by atoms with Crippen molar-refractivity contribution in [3.8, 4) is 0 Å². The van der Waals surface area contributed by atoms with Gasteiger partial charge in [0.25, 0.3) is 5.69 Å². The van der Waals surface area contributed by atoms with Crippen molar-refractivity contribution in [1.82, 2.24) is 10.3 Å². The minimum atomic E-state index is -0.339. The number of halogens is 1. The van der Waals surface area contributed by atoms with E-state index < -0.39 is 0 Å². The zero-order chi connectivity index (χ0) is 19.3. The lowest BCUT2D eigenvalue weighted by Crippen LogP contribution is -2.41. The highest BCUT2D eigenvalue weighted by molar-refractivity contribution is 6.30. The minimum Gasteiger partial charge on any atom is -0.316 e. The number of nitrogens with zero attached hydrogens (tertiary/aromatic N) is 2. The molecule has 0 spiro atoms. The highest BCUT2D eigenvalue weighted by Crippen LogP contribution is 2.50. The van der Waals surface area contributed by atoms with Gasteiger partial charge in [0.15, 0.2) is 0 Å². The summed E-state index contributed by atoms with van der Waals surface area (Å²) in [7, 11) is 0. The molecular formula is C22H24ClN3O2. The topological polar surface area (TPSA) is 68.1 Å². The molecular weight excluding hydrogens is 374 g/mol. The van der Waals surface area contributed by atoms with Crippen LogP contribution in [0.25, 0.3) is 0 Å². The van der Waals surface area contributed by atoms with E-state index in [1.807, 2.05) is 6.07 Å². The van der Waals surface area contributed by atoms with Crippen molar-refractivity contribution in [2.75, 3.05) is 13.1 Å². The Morgan fingerprint density at radius 3 is 2.71 bits per heavy atom. The van der Waals surface area contributed by atoms with Crippen molar-refractivity contribution in [1.29, 1.82) is 0 Å². The van der Waals surface area contributed by atoms with Crippen LogP contribution in [0.3, 0.4) is 0 Å². The van der Waals surface area contributed by atoms with Gasteiger partial charge in [-0.05, 0) is 91.8 Å². The molecule has 1 N–H and O–H groups in total. The van der Waals surface area contributed by atoms with Crippen LogP contribution in [0, 0.1) is 27.9 Å². The number of hydrogen-bond donors (Lipinski definition) is 1. The first-order valence-corrected chi connectivity index (χ1v) is 10.6. The average Bonchev–Trinajstić information content (AvgIpc) is 3.54. The Kier molecular flexibility index (Phi) is 4.60. The lowest BCUT2D eigenvalue weighted by Gasteiger charge is -2.38. The van der Waals surface area contributed by atoms with E-state index in [1.165, 1.54) is 30.2 Å². The minimum absolute atomic E-state index is 0.0885. The van der Waals surface area contributed by atoms with E-state index in [-0.39, 0.29) is 16.5 Å². The summed E-state index contributed by atoms with van der Waals surface area (Å²) < 4.78 is 0. The molecule has 2 heterocycles. The molecule has 146 valence electrons. The summed E-state index contributed by atoms with van der Waals surface area (Å²) in [6, 6.07) is 7.98. The second kappa shape index (κ2) is 7.12. The number of piperidine rings is 1. The first-order chi connectivity index (χ1) is 13.6. The lowest BCUT2D eigenvalue weighted by atomic mass is 9.70. The Balaban J connectivity index is 1.65. The van der Waals surface area contributed by atoms with Crippen LogP contribution >= 0.6 is 11.6 Å². The zero-order valence-corrected chi connectivity index (χ0v) is 16.5. The standard InChI is InChI=1S/C22H24ClN3O2/c23-16-5-6-18-14(9-16)3-4-15-10-17(26(27)28)11-25-22(15)21(18)19-7-8-24-12-20(19)13-1-2-13/h5-6,9-11,13,19-21,24H,1-4,7-8,12H2. The van der Waals surface area contributed by atoms with Crippen molar-refractivity contribution >= 4 is 17.3 Å². The normalized spacial score (nSPS) is 26.8. The molecule has 2 fully saturated rings. The van der Waals surface area contributed by atoms with E-state index in [2.05, 4.69) is 17.4 Å². The smallest absolute Gasteiger partial charge is 0.287 e. The summed E-state index contributed by atoms with van der Waals surface area (Å²) in [5.74, 6) is 2.15. The van der Waals surface area contributed by atoms with Gasteiger partial charge >= 0.3 is 0 Å². The third-order valence-electron chi connectivity index (χ3n) is 6.84.